The molecule has 0 aromatic carbocycles. The molecule has 2 atom stereocenters. The van der Waals surface area contributed by atoms with Crippen LogP contribution in [0.4, 0.5) is 0 Å². The molecule has 3 N–H and O–H groups in total. The van der Waals surface area contributed by atoms with Crippen LogP contribution >= 0.6 is 0 Å². The summed E-state index contributed by atoms with van der Waals surface area (Å²) in [7, 11) is 0. The van der Waals surface area contributed by atoms with Crippen LogP contribution in [0.3, 0.4) is 0 Å². The van der Waals surface area contributed by atoms with Crippen LogP contribution in [0, 0.1) is 0 Å². The topological polar surface area (TPSA) is 95.7 Å². The second-order valence-corrected chi connectivity index (χ2v) is 6.17. The van der Waals surface area contributed by atoms with E-state index in [-0.39, 0.29) is 18.1 Å². The lowest BCUT2D eigenvalue weighted by Gasteiger charge is -2.25. The van der Waals surface area contributed by atoms with Gasteiger partial charge in [0.2, 0.25) is 0 Å². The zero-order valence-corrected chi connectivity index (χ0v) is 13.6. The number of carbonyl (C=O) groups excluding carboxylic acids is 1. The molecule has 124 valence electrons. The molecule has 0 saturated heterocycles. The zero-order valence-electron chi connectivity index (χ0n) is 13.6. The van der Waals surface area contributed by atoms with Gasteiger partial charge in [0.15, 0.2) is 5.69 Å². The number of hydrogen-bond acceptors (Lipinski definition) is 4. The van der Waals surface area contributed by atoms with Crippen LogP contribution in [0.5, 0.6) is 0 Å². The number of carbonyl (C=O) groups is 1. The van der Waals surface area contributed by atoms with Crippen molar-refractivity contribution in [2.24, 2.45) is 0 Å². The van der Waals surface area contributed by atoms with Gasteiger partial charge in [0.25, 0.3) is 5.91 Å². The summed E-state index contributed by atoms with van der Waals surface area (Å²) in [5, 5.41) is 10.1. The van der Waals surface area contributed by atoms with Crippen molar-refractivity contribution in [2.75, 3.05) is 0 Å². The van der Waals surface area contributed by atoms with Gasteiger partial charge in [-0.05, 0) is 32.0 Å². The fourth-order valence-corrected chi connectivity index (χ4v) is 3.23. The van der Waals surface area contributed by atoms with E-state index in [4.69, 9.17) is 4.74 Å². The van der Waals surface area contributed by atoms with E-state index >= 15 is 0 Å². The molecule has 0 unspecified atom stereocenters. The minimum absolute atomic E-state index is 0.0717. The van der Waals surface area contributed by atoms with Gasteiger partial charge in [-0.2, -0.15) is 5.10 Å². The smallest absolute Gasteiger partial charge is 0.272 e. The molecule has 0 bridgehead atoms. The summed E-state index contributed by atoms with van der Waals surface area (Å²) >= 11 is 0. The van der Waals surface area contributed by atoms with Crippen LogP contribution in [0.25, 0.3) is 11.0 Å². The van der Waals surface area contributed by atoms with E-state index in [0.29, 0.717) is 18.7 Å². The summed E-state index contributed by atoms with van der Waals surface area (Å²) in [5.74, 6) is -0.180. The predicted molar refractivity (Wildman–Crippen MR) is 88.5 cm³/mol. The first-order valence-corrected chi connectivity index (χ1v) is 8.05. The number of aromatic amines is 2. The molecule has 7 heteroatoms. The van der Waals surface area contributed by atoms with Crippen molar-refractivity contribution in [3.05, 3.63) is 47.0 Å². The lowest BCUT2D eigenvalue weighted by Crippen LogP contribution is -2.27. The molecule has 3 aromatic rings. The van der Waals surface area contributed by atoms with E-state index in [9.17, 15) is 4.79 Å². The number of H-pyrrole nitrogens is 2. The molecule has 0 spiro atoms. The Morgan fingerprint density at radius 3 is 3.17 bits per heavy atom. The highest BCUT2D eigenvalue weighted by molar-refractivity contribution is 5.94. The molecule has 4 heterocycles. The number of nitrogens with zero attached hydrogens (tertiary/aromatic N) is 2. The SMILES string of the molecule is C[C@@H]1Cc2c(C(=O)NCc3cc4ncccc4[nH]3)n[nH]c2[C@H](C)O1. The Bertz CT molecular complexity index is 864. The Kier molecular flexibility index (Phi) is 3.57. The van der Waals surface area contributed by atoms with Crippen LogP contribution < -0.4 is 5.32 Å². The standard InChI is InChI=1S/C17H19N5O2/c1-9-6-12-15(10(2)24-9)21-22-16(12)17(23)19-8-11-7-14-13(20-11)4-3-5-18-14/h3-5,7,9-10,20H,6,8H2,1-2H3,(H,19,23)(H,21,22)/t9-,10+/m1/s1. The second kappa shape index (κ2) is 5.76. The van der Waals surface area contributed by atoms with Crippen molar-refractivity contribution in [3.8, 4) is 0 Å². The quantitative estimate of drug-likeness (QED) is 0.688. The number of pyridine rings is 1. The second-order valence-electron chi connectivity index (χ2n) is 6.17. The van der Waals surface area contributed by atoms with Gasteiger partial charge in [-0.3, -0.25) is 14.9 Å². The molecule has 0 radical (unpaired) electrons. The molecule has 0 saturated carbocycles. The Balaban J connectivity index is 1.51. The molecular weight excluding hydrogens is 306 g/mol. The average Bonchev–Trinajstić information content (AvgIpc) is 3.16. The van der Waals surface area contributed by atoms with Gasteiger partial charge in [0.05, 0.1) is 35.5 Å². The summed E-state index contributed by atoms with van der Waals surface area (Å²) in [6.45, 7) is 4.37. The minimum Gasteiger partial charge on any atom is -0.369 e. The average molecular weight is 325 g/mol. The Morgan fingerprint density at radius 1 is 1.46 bits per heavy atom. The van der Waals surface area contributed by atoms with Gasteiger partial charge in [-0.1, -0.05) is 0 Å². The van der Waals surface area contributed by atoms with Gasteiger partial charge in [-0.15, -0.1) is 0 Å². The van der Waals surface area contributed by atoms with Crippen molar-refractivity contribution < 1.29 is 9.53 Å². The molecule has 0 fully saturated rings. The summed E-state index contributed by atoms with van der Waals surface area (Å²) < 4.78 is 5.75. The largest absolute Gasteiger partial charge is 0.369 e. The maximum atomic E-state index is 12.5. The van der Waals surface area contributed by atoms with Crippen molar-refractivity contribution >= 4 is 16.9 Å². The minimum atomic E-state index is -0.180. The predicted octanol–water partition coefficient (Wildman–Crippen LogP) is 2.24. The van der Waals surface area contributed by atoms with Gasteiger partial charge in [-0.25, -0.2) is 0 Å². The number of nitrogens with one attached hydrogen (secondary N) is 3. The number of amides is 1. The summed E-state index contributed by atoms with van der Waals surface area (Å²) in [4.78, 5) is 20.0. The number of hydrogen-bond donors (Lipinski definition) is 3. The third kappa shape index (κ3) is 2.56. The van der Waals surface area contributed by atoms with E-state index < -0.39 is 0 Å². The normalized spacial score (nSPS) is 20.1. The van der Waals surface area contributed by atoms with Crippen LogP contribution in [0.2, 0.25) is 0 Å². The van der Waals surface area contributed by atoms with E-state index in [1.165, 1.54) is 0 Å². The van der Waals surface area contributed by atoms with Gasteiger partial charge in [0, 0.05) is 23.9 Å². The Labute approximate surface area is 138 Å². The lowest BCUT2D eigenvalue weighted by atomic mass is 9.99. The molecule has 1 aliphatic rings. The van der Waals surface area contributed by atoms with Crippen LogP contribution in [-0.4, -0.2) is 32.2 Å². The molecule has 7 nitrogen and oxygen atoms in total. The fourth-order valence-electron chi connectivity index (χ4n) is 3.23. The summed E-state index contributed by atoms with van der Waals surface area (Å²) in [6, 6.07) is 5.77. The van der Waals surface area contributed by atoms with Crippen LogP contribution in [0.1, 0.15) is 47.4 Å². The molecule has 24 heavy (non-hydrogen) atoms. The van der Waals surface area contributed by atoms with Crippen molar-refractivity contribution in [1.29, 1.82) is 0 Å². The highest BCUT2D eigenvalue weighted by Gasteiger charge is 2.29. The first-order chi connectivity index (χ1) is 11.6. The van der Waals surface area contributed by atoms with E-state index in [0.717, 1.165) is 28.0 Å². The van der Waals surface area contributed by atoms with E-state index in [1.54, 1.807) is 6.20 Å². The zero-order chi connectivity index (χ0) is 16.7. The number of fused-ring (bicyclic) bond motifs is 2. The molecule has 1 aliphatic heterocycles. The van der Waals surface area contributed by atoms with Crippen LogP contribution in [-0.2, 0) is 17.7 Å². The monoisotopic (exact) mass is 325 g/mol. The molecule has 3 aromatic heterocycles. The number of aromatic nitrogens is 4. The molecular formula is C17H19N5O2. The highest BCUT2D eigenvalue weighted by atomic mass is 16.5. The maximum absolute atomic E-state index is 12.5. The molecule has 0 aliphatic carbocycles. The van der Waals surface area contributed by atoms with Gasteiger partial charge in [0.1, 0.15) is 0 Å². The van der Waals surface area contributed by atoms with E-state index in [2.05, 4.69) is 25.5 Å². The summed E-state index contributed by atoms with van der Waals surface area (Å²) in [5.41, 5.74) is 5.07. The Morgan fingerprint density at radius 2 is 2.33 bits per heavy atom. The first kappa shape index (κ1) is 14.9. The third-order valence-electron chi connectivity index (χ3n) is 4.33. The van der Waals surface area contributed by atoms with Crippen molar-refractivity contribution in [3.63, 3.8) is 0 Å². The van der Waals surface area contributed by atoms with Crippen molar-refractivity contribution in [2.45, 2.75) is 39.0 Å². The third-order valence-corrected chi connectivity index (χ3v) is 4.33. The van der Waals surface area contributed by atoms with Crippen molar-refractivity contribution in [1.82, 2.24) is 25.5 Å². The molecule has 4 rings (SSSR count). The number of rotatable bonds is 3. The molecule has 1 amide bonds. The summed E-state index contributed by atoms with van der Waals surface area (Å²) in [6.07, 6.45) is 2.45. The fraction of sp³-hybridized carbons (Fsp3) is 0.353. The van der Waals surface area contributed by atoms with Gasteiger partial charge >= 0.3 is 0 Å². The van der Waals surface area contributed by atoms with Crippen LogP contribution in [0.15, 0.2) is 24.4 Å². The highest BCUT2D eigenvalue weighted by Crippen LogP contribution is 2.30. The first-order valence-electron chi connectivity index (χ1n) is 8.05. The van der Waals surface area contributed by atoms with Gasteiger partial charge < -0.3 is 15.0 Å². The maximum Gasteiger partial charge on any atom is 0.272 e. The Hall–Kier alpha value is -2.67. The lowest BCUT2D eigenvalue weighted by molar-refractivity contribution is -0.00697. The number of ether oxygens (including phenoxy) is 1. The van der Waals surface area contributed by atoms with E-state index in [1.807, 2.05) is 32.0 Å².